The molecular weight excluding hydrogens is 355 g/mol. The molecule has 1 N–H and O–H groups in total. The van der Waals surface area contributed by atoms with Gasteiger partial charge in [0.2, 0.25) is 17.6 Å². The largest absolute Gasteiger partial charge is 0.493 e. The normalized spacial score (nSPS) is 10.1. The second-order valence-electron chi connectivity index (χ2n) is 5.54. The highest BCUT2D eigenvalue weighted by Gasteiger charge is 2.21. The molecule has 0 fully saturated rings. The maximum absolute atomic E-state index is 13.0. The smallest absolute Gasteiger partial charge is 0.244 e. The Kier molecular flexibility index (Phi) is 6.59. The van der Waals surface area contributed by atoms with Gasteiger partial charge in [-0.25, -0.2) is 4.39 Å². The summed E-state index contributed by atoms with van der Waals surface area (Å²) in [6.45, 7) is 1.10. The third-order valence-corrected chi connectivity index (χ3v) is 3.77. The number of carbonyl (C=O) groups is 2. The average Bonchev–Trinajstić information content (AvgIpc) is 2.66. The van der Waals surface area contributed by atoms with Crippen LogP contribution in [0.4, 0.5) is 15.8 Å². The van der Waals surface area contributed by atoms with Crippen molar-refractivity contribution in [3.8, 4) is 17.2 Å². The van der Waals surface area contributed by atoms with E-state index in [9.17, 15) is 14.0 Å². The lowest BCUT2D eigenvalue weighted by atomic mass is 10.2. The van der Waals surface area contributed by atoms with Crippen LogP contribution in [0.3, 0.4) is 0 Å². The summed E-state index contributed by atoms with van der Waals surface area (Å²) in [5, 5.41) is 2.62. The second-order valence-corrected chi connectivity index (χ2v) is 5.54. The van der Waals surface area contributed by atoms with Crippen LogP contribution in [-0.2, 0) is 9.59 Å². The van der Waals surface area contributed by atoms with Crippen molar-refractivity contribution in [2.75, 3.05) is 38.1 Å². The van der Waals surface area contributed by atoms with Crippen LogP contribution in [0.25, 0.3) is 0 Å². The van der Waals surface area contributed by atoms with E-state index in [-0.39, 0.29) is 12.5 Å². The van der Waals surface area contributed by atoms with E-state index in [1.54, 1.807) is 12.1 Å². The van der Waals surface area contributed by atoms with Gasteiger partial charge >= 0.3 is 0 Å². The number of halogens is 1. The molecule has 0 radical (unpaired) electrons. The molecule has 144 valence electrons. The minimum Gasteiger partial charge on any atom is -0.493 e. The molecule has 2 amide bonds. The monoisotopic (exact) mass is 376 g/mol. The van der Waals surface area contributed by atoms with Gasteiger partial charge in [0.05, 0.1) is 27.0 Å². The molecule has 0 bridgehead atoms. The first-order valence-corrected chi connectivity index (χ1v) is 8.03. The molecule has 0 heterocycles. The molecule has 27 heavy (non-hydrogen) atoms. The molecule has 0 aliphatic carbocycles. The van der Waals surface area contributed by atoms with Crippen molar-refractivity contribution in [1.82, 2.24) is 0 Å². The molecule has 0 spiro atoms. The number of rotatable bonds is 7. The molecule has 2 aromatic rings. The molecule has 7 nitrogen and oxygen atoms in total. The summed E-state index contributed by atoms with van der Waals surface area (Å²) < 4.78 is 28.8. The predicted molar refractivity (Wildman–Crippen MR) is 99.2 cm³/mol. The Bertz CT molecular complexity index is 798. The topological polar surface area (TPSA) is 77.1 Å². The summed E-state index contributed by atoms with van der Waals surface area (Å²) in [7, 11) is 4.39. The maximum atomic E-state index is 13.0. The van der Waals surface area contributed by atoms with Crippen LogP contribution in [0.1, 0.15) is 6.92 Å². The fourth-order valence-electron chi connectivity index (χ4n) is 2.48. The molecule has 0 unspecified atom stereocenters. The van der Waals surface area contributed by atoms with Crippen LogP contribution in [0.2, 0.25) is 0 Å². The quantitative estimate of drug-likeness (QED) is 0.804. The number of methoxy groups -OCH3 is 3. The number of ether oxygens (including phenoxy) is 3. The lowest BCUT2D eigenvalue weighted by Gasteiger charge is -2.23. The second kappa shape index (κ2) is 8.88. The zero-order valence-electron chi connectivity index (χ0n) is 15.5. The van der Waals surface area contributed by atoms with Gasteiger partial charge in [0.25, 0.3) is 0 Å². The van der Waals surface area contributed by atoms with Gasteiger partial charge in [-0.1, -0.05) is 0 Å². The van der Waals surface area contributed by atoms with E-state index in [0.29, 0.717) is 28.6 Å². The SMILES string of the molecule is COc1cc(N(CC(=O)Nc2ccc(F)cc2)C(C)=O)cc(OC)c1OC. The minimum atomic E-state index is -0.439. The standard InChI is InChI=1S/C19H21FN2O5/c1-12(23)22(11-18(24)21-14-7-5-13(20)6-8-14)15-9-16(25-2)19(27-4)17(10-15)26-3/h5-10H,11H2,1-4H3,(H,21,24). The van der Waals surface area contributed by atoms with Crippen molar-refractivity contribution in [2.24, 2.45) is 0 Å². The first kappa shape index (κ1) is 20.0. The summed E-state index contributed by atoms with van der Waals surface area (Å²) in [6.07, 6.45) is 0. The summed E-state index contributed by atoms with van der Waals surface area (Å²) in [6, 6.07) is 8.49. The zero-order valence-corrected chi connectivity index (χ0v) is 15.5. The Balaban J connectivity index is 2.27. The number of hydrogen-bond acceptors (Lipinski definition) is 5. The minimum absolute atomic E-state index is 0.245. The van der Waals surface area contributed by atoms with Crippen molar-refractivity contribution in [1.29, 1.82) is 0 Å². The number of hydrogen-bond donors (Lipinski definition) is 1. The predicted octanol–water partition coefficient (Wildman–Crippen LogP) is 2.84. The maximum Gasteiger partial charge on any atom is 0.244 e. The molecule has 2 rings (SSSR count). The molecule has 0 saturated carbocycles. The molecule has 0 aliphatic rings. The molecule has 8 heteroatoms. The number of anilines is 2. The van der Waals surface area contributed by atoms with Crippen LogP contribution < -0.4 is 24.4 Å². The third kappa shape index (κ3) is 4.87. The average molecular weight is 376 g/mol. The van der Waals surface area contributed by atoms with Crippen LogP contribution in [0.15, 0.2) is 36.4 Å². The molecular formula is C19H21FN2O5. The van der Waals surface area contributed by atoms with Crippen molar-refractivity contribution in [3.63, 3.8) is 0 Å². The number of benzene rings is 2. The fraction of sp³-hybridized carbons (Fsp3) is 0.263. The van der Waals surface area contributed by atoms with Gasteiger partial charge in [0, 0.05) is 24.7 Å². The van der Waals surface area contributed by atoms with Crippen molar-refractivity contribution >= 4 is 23.2 Å². The van der Waals surface area contributed by atoms with E-state index >= 15 is 0 Å². The Morgan fingerprint density at radius 3 is 2.00 bits per heavy atom. The zero-order chi connectivity index (χ0) is 20.0. The highest BCUT2D eigenvalue weighted by Crippen LogP contribution is 2.41. The van der Waals surface area contributed by atoms with Gasteiger partial charge in [0.1, 0.15) is 12.4 Å². The summed E-state index contributed by atoms with van der Waals surface area (Å²) in [5.41, 5.74) is 0.834. The summed E-state index contributed by atoms with van der Waals surface area (Å²) in [4.78, 5) is 25.7. The lowest BCUT2D eigenvalue weighted by Crippen LogP contribution is -2.36. The molecule has 0 aliphatic heterocycles. The van der Waals surface area contributed by atoms with Crippen LogP contribution in [0.5, 0.6) is 17.2 Å². The Hall–Kier alpha value is -3.29. The molecule has 0 saturated heterocycles. The van der Waals surface area contributed by atoms with Gasteiger partial charge < -0.3 is 24.4 Å². The lowest BCUT2D eigenvalue weighted by molar-refractivity contribution is -0.120. The summed E-state index contributed by atoms with van der Waals surface area (Å²) in [5.74, 6) is -0.100. The van der Waals surface area contributed by atoms with Crippen LogP contribution in [-0.4, -0.2) is 39.7 Å². The highest BCUT2D eigenvalue weighted by molar-refractivity contribution is 6.02. The van der Waals surface area contributed by atoms with Gasteiger partial charge in [-0.05, 0) is 24.3 Å². The van der Waals surface area contributed by atoms with Crippen molar-refractivity contribution in [3.05, 3.63) is 42.2 Å². The van der Waals surface area contributed by atoms with E-state index in [2.05, 4.69) is 5.32 Å². The van der Waals surface area contributed by atoms with Crippen molar-refractivity contribution < 1.29 is 28.2 Å². The Labute approximate surface area is 156 Å². The Morgan fingerprint density at radius 1 is 1.00 bits per heavy atom. The highest BCUT2D eigenvalue weighted by atomic mass is 19.1. The summed E-state index contributed by atoms with van der Waals surface area (Å²) >= 11 is 0. The van der Waals surface area contributed by atoms with E-state index in [0.717, 1.165) is 0 Å². The van der Waals surface area contributed by atoms with Crippen LogP contribution in [0, 0.1) is 5.82 Å². The fourth-order valence-corrected chi connectivity index (χ4v) is 2.48. The molecule has 0 atom stereocenters. The van der Waals surface area contributed by atoms with Gasteiger partial charge in [-0.2, -0.15) is 0 Å². The van der Waals surface area contributed by atoms with Crippen molar-refractivity contribution in [2.45, 2.75) is 6.92 Å². The van der Waals surface area contributed by atoms with E-state index in [1.165, 1.54) is 57.4 Å². The first-order chi connectivity index (χ1) is 12.9. The first-order valence-electron chi connectivity index (χ1n) is 8.03. The Morgan fingerprint density at radius 2 is 1.56 bits per heavy atom. The number of carbonyl (C=O) groups excluding carboxylic acids is 2. The number of amides is 2. The number of nitrogens with one attached hydrogen (secondary N) is 1. The van der Waals surface area contributed by atoms with E-state index in [1.807, 2.05) is 0 Å². The van der Waals surface area contributed by atoms with Gasteiger partial charge in [-0.15, -0.1) is 0 Å². The van der Waals surface area contributed by atoms with E-state index in [4.69, 9.17) is 14.2 Å². The van der Waals surface area contributed by atoms with Gasteiger partial charge in [0.15, 0.2) is 11.5 Å². The molecule has 0 aromatic heterocycles. The van der Waals surface area contributed by atoms with Crippen LogP contribution >= 0.6 is 0 Å². The molecule has 2 aromatic carbocycles. The van der Waals surface area contributed by atoms with E-state index < -0.39 is 11.7 Å². The third-order valence-electron chi connectivity index (χ3n) is 3.77. The van der Waals surface area contributed by atoms with Gasteiger partial charge in [-0.3, -0.25) is 9.59 Å². The number of nitrogens with zero attached hydrogens (tertiary/aromatic N) is 1.